The number of rotatable bonds is 6. The summed E-state index contributed by atoms with van der Waals surface area (Å²) < 4.78 is 20.7. The molecule has 7 nitrogen and oxygen atoms in total. The van der Waals surface area contributed by atoms with E-state index in [2.05, 4.69) is 5.16 Å². The summed E-state index contributed by atoms with van der Waals surface area (Å²) in [6.45, 7) is 0.333. The van der Waals surface area contributed by atoms with Crippen LogP contribution >= 0.6 is 0 Å². The Morgan fingerprint density at radius 1 is 1.19 bits per heavy atom. The summed E-state index contributed by atoms with van der Waals surface area (Å²) in [6.07, 6.45) is 0. The molecule has 0 aliphatic carbocycles. The molecule has 0 radical (unpaired) electrons. The zero-order valence-corrected chi connectivity index (χ0v) is 11.9. The molecular weight excluding hydrogens is 278 g/mol. The number of hydrogen-bond donors (Lipinski definition) is 1. The van der Waals surface area contributed by atoms with Crippen LogP contribution < -0.4 is 9.47 Å². The molecule has 1 heterocycles. The van der Waals surface area contributed by atoms with Crippen molar-refractivity contribution in [3.63, 3.8) is 0 Å². The number of methoxy groups -OCH3 is 3. The summed E-state index contributed by atoms with van der Waals surface area (Å²) in [6, 6.07) is 4.78. The van der Waals surface area contributed by atoms with Crippen molar-refractivity contribution in [2.24, 2.45) is 0 Å². The second-order valence-corrected chi connectivity index (χ2v) is 4.18. The monoisotopic (exact) mass is 293 g/mol. The summed E-state index contributed by atoms with van der Waals surface area (Å²) >= 11 is 0. The van der Waals surface area contributed by atoms with Crippen LogP contribution in [0, 0.1) is 0 Å². The summed E-state index contributed by atoms with van der Waals surface area (Å²) in [5.74, 6) is 0.231. The van der Waals surface area contributed by atoms with E-state index in [0.717, 1.165) is 5.56 Å². The van der Waals surface area contributed by atoms with Gasteiger partial charge in [0.1, 0.15) is 11.5 Å². The Labute approximate surface area is 121 Å². The van der Waals surface area contributed by atoms with Gasteiger partial charge in [0.2, 0.25) is 0 Å². The van der Waals surface area contributed by atoms with Crippen LogP contribution in [0.1, 0.15) is 16.1 Å². The molecule has 0 saturated carbocycles. The Hall–Kier alpha value is -2.54. The lowest BCUT2D eigenvalue weighted by atomic mass is 10.1. The molecule has 1 aromatic carbocycles. The summed E-state index contributed by atoms with van der Waals surface area (Å²) in [5, 5.41) is 12.4. The Bertz CT molecular complexity index is 649. The van der Waals surface area contributed by atoms with Crippen LogP contribution in [0.2, 0.25) is 0 Å². The normalized spacial score (nSPS) is 10.4. The van der Waals surface area contributed by atoms with Gasteiger partial charge in [0, 0.05) is 24.8 Å². The minimum Gasteiger partial charge on any atom is -0.496 e. The zero-order chi connectivity index (χ0) is 15.4. The van der Waals surface area contributed by atoms with Crippen LogP contribution in [0.3, 0.4) is 0 Å². The number of benzene rings is 1. The van der Waals surface area contributed by atoms with E-state index in [1.54, 1.807) is 26.4 Å². The van der Waals surface area contributed by atoms with Crippen LogP contribution in [0.25, 0.3) is 11.3 Å². The molecule has 112 valence electrons. The molecule has 0 bridgehead atoms. The summed E-state index contributed by atoms with van der Waals surface area (Å²) in [5.41, 5.74) is 1.19. The molecule has 7 heteroatoms. The lowest BCUT2D eigenvalue weighted by Crippen LogP contribution is -1.97. The number of ether oxygens (including phenoxy) is 3. The van der Waals surface area contributed by atoms with Gasteiger partial charge in [-0.2, -0.15) is 0 Å². The van der Waals surface area contributed by atoms with Gasteiger partial charge in [-0.1, -0.05) is 5.16 Å². The van der Waals surface area contributed by atoms with E-state index in [4.69, 9.17) is 23.8 Å². The van der Waals surface area contributed by atoms with E-state index < -0.39 is 5.97 Å². The Morgan fingerprint density at radius 2 is 1.90 bits per heavy atom. The quantitative estimate of drug-likeness (QED) is 0.872. The molecule has 0 unspecified atom stereocenters. The number of carboxylic acid groups (broad SMARTS) is 1. The SMILES string of the molecule is COCc1cc(-c2cc(C(=O)O)no2)c(OC)cc1OC. The maximum atomic E-state index is 10.9. The molecule has 21 heavy (non-hydrogen) atoms. The lowest BCUT2D eigenvalue weighted by molar-refractivity contribution is 0.0686. The highest BCUT2D eigenvalue weighted by molar-refractivity contribution is 5.87. The average Bonchev–Trinajstić information content (AvgIpc) is 2.97. The fourth-order valence-corrected chi connectivity index (χ4v) is 1.93. The molecule has 0 fully saturated rings. The van der Waals surface area contributed by atoms with Gasteiger partial charge in [-0.25, -0.2) is 4.79 Å². The molecule has 0 amide bonds. The van der Waals surface area contributed by atoms with Gasteiger partial charge in [0.15, 0.2) is 11.5 Å². The molecule has 2 aromatic rings. The van der Waals surface area contributed by atoms with Crippen LogP contribution in [0.5, 0.6) is 11.5 Å². The molecule has 0 aliphatic heterocycles. The molecule has 0 saturated heterocycles. The van der Waals surface area contributed by atoms with Crippen molar-refractivity contribution in [2.45, 2.75) is 6.61 Å². The van der Waals surface area contributed by atoms with Crippen molar-refractivity contribution < 1.29 is 28.6 Å². The first kappa shape index (κ1) is 14.9. The van der Waals surface area contributed by atoms with Gasteiger partial charge in [-0.05, 0) is 6.07 Å². The van der Waals surface area contributed by atoms with Crippen molar-refractivity contribution in [1.82, 2.24) is 5.16 Å². The maximum absolute atomic E-state index is 10.9. The van der Waals surface area contributed by atoms with Crippen molar-refractivity contribution in [3.05, 3.63) is 29.5 Å². The predicted octanol–water partition coefficient (Wildman–Crippen LogP) is 2.20. The van der Waals surface area contributed by atoms with Crippen LogP contribution in [0.15, 0.2) is 22.7 Å². The van der Waals surface area contributed by atoms with Gasteiger partial charge < -0.3 is 23.8 Å². The van der Waals surface area contributed by atoms with Gasteiger partial charge in [-0.15, -0.1) is 0 Å². The van der Waals surface area contributed by atoms with Crippen molar-refractivity contribution in [1.29, 1.82) is 0 Å². The van der Waals surface area contributed by atoms with E-state index in [-0.39, 0.29) is 5.69 Å². The fraction of sp³-hybridized carbons (Fsp3) is 0.286. The number of aromatic carboxylic acids is 1. The lowest BCUT2D eigenvalue weighted by Gasteiger charge is -2.13. The fourth-order valence-electron chi connectivity index (χ4n) is 1.93. The molecular formula is C14H15NO6. The summed E-state index contributed by atoms with van der Waals surface area (Å²) in [4.78, 5) is 10.9. The largest absolute Gasteiger partial charge is 0.496 e. The second kappa shape index (κ2) is 6.27. The van der Waals surface area contributed by atoms with Gasteiger partial charge >= 0.3 is 5.97 Å². The van der Waals surface area contributed by atoms with Crippen molar-refractivity contribution in [2.75, 3.05) is 21.3 Å². The number of carboxylic acids is 1. The van der Waals surface area contributed by atoms with Crippen LogP contribution in [0.4, 0.5) is 0 Å². The molecule has 0 atom stereocenters. The van der Waals surface area contributed by atoms with Crippen LogP contribution in [-0.4, -0.2) is 37.6 Å². The number of aromatic nitrogens is 1. The first-order chi connectivity index (χ1) is 10.1. The van der Waals surface area contributed by atoms with E-state index in [1.807, 2.05) is 0 Å². The third-order valence-corrected chi connectivity index (χ3v) is 2.90. The predicted molar refractivity (Wildman–Crippen MR) is 72.7 cm³/mol. The zero-order valence-electron chi connectivity index (χ0n) is 11.9. The highest BCUT2D eigenvalue weighted by Crippen LogP contribution is 2.36. The smallest absolute Gasteiger partial charge is 0.358 e. The first-order valence-corrected chi connectivity index (χ1v) is 6.05. The van der Waals surface area contributed by atoms with E-state index in [0.29, 0.717) is 29.4 Å². The molecule has 2 rings (SSSR count). The molecule has 1 N–H and O–H groups in total. The Kier molecular flexibility index (Phi) is 4.44. The number of hydrogen-bond acceptors (Lipinski definition) is 6. The van der Waals surface area contributed by atoms with Crippen molar-refractivity contribution in [3.8, 4) is 22.8 Å². The van der Waals surface area contributed by atoms with Crippen molar-refractivity contribution >= 4 is 5.97 Å². The Balaban J connectivity index is 2.54. The Morgan fingerprint density at radius 3 is 2.43 bits per heavy atom. The highest BCUT2D eigenvalue weighted by Gasteiger charge is 2.18. The van der Waals surface area contributed by atoms with Gasteiger partial charge in [-0.3, -0.25) is 0 Å². The summed E-state index contributed by atoms with van der Waals surface area (Å²) in [7, 11) is 4.62. The van der Waals surface area contributed by atoms with E-state index in [9.17, 15) is 4.79 Å². The average molecular weight is 293 g/mol. The third-order valence-electron chi connectivity index (χ3n) is 2.90. The first-order valence-electron chi connectivity index (χ1n) is 6.05. The second-order valence-electron chi connectivity index (χ2n) is 4.18. The number of carbonyl (C=O) groups is 1. The molecule has 0 aliphatic rings. The van der Waals surface area contributed by atoms with Crippen LogP contribution in [-0.2, 0) is 11.3 Å². The topological polar surface area (TPSA) is 91.0 Å². The highest BCUT2D eigenvalue weighted by atomic mass is 16.5. The minimum absolute atomic E-state index is 0.170. The van der Waals surface area contributed by atoms with Gasteiger partial charge in [0.05, 0.1) is 26.4 Å². The maximum Gasteiger partial charge on any atom is 0.358 e. The molecule has 0 spiro atoms. The number of nitrogens with zero attached hydrogens (tertiary/aromatic N) is 1. The van der Waals surface area contributed by atoms with E-state index >= 15 is 0 Å². The molecule has 1 aromatic heterocycles. The standard InChI is InChI=1S/C14H15NO6/c1-18-7-8-4-9(12(20-3)6-11(8)19-2)13-5-10(14(16)17)15-21-13/h4-6H,7H2,1-3H3,(H,16,17). The van der Waals surface area contributed by atoms with E-state index in [1.165, 1.54) is 13.2 Å². The minimum atomic E-state index is -1.16. The van der Waals surface area contributed by atoms with Gasteiger partial charge in [0.25, 0.3) is 0 Å². The third kappa shape index (κ3) is 2.97.